The predicted molar refractivity (Wildman–Crippen MR) is 114 cm³/mol. The Hall–Kier alpha value is -3.94. The number of hydrogen-bond acceptors (Lipinski definition) is 5. The molecule has 1 heterocycles. The molecule has 3 rings (SSSR count). The minimum atomic E-state index is -0.379. The number of carbonyl (C=O) groups is 3. The number of esters is 1. The summed E-state index contributed by atoms with van der Waals surface area (Å²) in [5.41, 5.74) is 5.13. The van der Waals surface area contributed by atoms with Crippen LogP contribution in [-0.2, 0) is 20.9 Å². The highest BCUT2D eigenvalue weighted by Crippen LogP contribution is 2.20. The van der Waals surface area contributed by atoms with Gasteiger partial charge in [0.05, 0.1) is 12.8 Å². The van der Waals surface area contributed by atoms with Gasteiger partial charge in [-0.3, -0.25) is 14.4 Å². The number of amides is 2. The summed E-state index contributed by atoms with van der Waals surface area (Å²) in [6.45, 7) is 3.60. The molecule has 30 heavy (non-hydrogen) atoms. The SMILES string of the molecule is CCOC(=O)Cn1cc(C=NNC(=O)c2ccc(NC(C)=O)cc2)c2ccccc21. The molecule has 0 unspecified atom stereocenters. The Kier molecular flexibility index (Phi) is 6.59. The zero-order valence-corrected chi connectivity index (χ0v) is 16.7. The number of aromatic nitrogens is 1. The van der Waals surface area contributed by atoms with Gasteiger partial charge in [0.25, 0.3) is 5.91 Å². The fourth-order valence-corrected chi connectivity index (χ4v) is 2.99. The van der Waals surface area contributed by atoms with Crippen molar-refractivity contribution in [3.63, 3.8) is 0 Å². The molecule has 0 saturated carbocycles. The van der Waals surface area contributed by atoms with Crippen molar-refractivity contribution >= 4 is 40.6 Å². The number of para-hydroxylation sites is 1. The van der Waals surface area contributed by atoms with Crippen LogP contribution in [0.1, 0.15) is 29.8 Å². The number of carbonyl (C=O) groups excluding carboxylic acids is 3. The van der Waals surface area contributed by atoms with E-state index in [1.54, 1.807) is 42.0 Å². The van der Waals surface area contributed by atoms with Crippen molar-refractivity contribution in [2.45, 2.75) is 20.4 Å². The number of nitrogens with one attached hydrogen (secondary N) is 2. The Labute approximate surface area is 173 Å². The molecular formula is C22H22N4O4. The number of hydrogen-bond donors (Lipinski definition) is 2. The van der Waals surface area contributed by atoms with E-state index < -0.39 is 0 Å². The third kappa shape index (κ3) is 5.11. The van der Waals surface area contributed by atoms with Crippen LogP contribution in [-0.4, -0.2) is 35.2 Å². The Balaban J connectivity index is 1.72. The normalized spacial score (nSPS) is 10.9. The van der Waals surface area contributed by atoms with Crippen molar-refractivity contribution < 1.29 is 19.1 Å². The zero-order chi connectivity index (χ0) is 21.5. The van der Waals surface area contributed by atoms with Crippen LogP contribution in [0.2, 0.25) is 0 Å². The highest BCUT2D eigenvalue weighted by Gasteiger charge is 2.11. The van der Waals surface area contributed by atoms with Crippen LogP contribution < -0.4 is 10.7 Å². The van der Waals surface area contributed by atoms with Crippen LogP contribution in [0.25, 0.3) is 10.9 Å². The summed E-state index contributed by atoms with van der Waals surface area (Å²) in [5.74, 6) is -0.882. The topological polar surface area (TPSA) is 102 Å². The van der Waals surface area contributed by atoms with Crippen LogP contribution >= 0.6 is 0 Å². The van der Waals surface area contributed by atoms with Gasteiger partial charge < -0.3 is 14.6 Å². The second kappa shape index (κ2) is 9.51. The van der Waals surface area contributed by atoms with Crippen molar-refractivity contribution in [3.8, 4) is 0 Å². The molecule has 0 atom stereocenters. The Morgan fingerprint density at radius 1 is 1.10 bits per heavy atom. The summed E-state index contributed by atoms with van der Waals surface area (Å²) in [5, 5.41) is 7.59. The molecule has 0 spiro atoms. The number of fused-ring (bicyclic) bond motifs is 1. The number of ether oxygens (including phenoxy) is 1. The maximum absolute atomic E-state index is 12.3. The van der Waals surface area contributed by atoms with Gasteiger partial charge in [-0.1, -0.05) is 18.2 Å². The summed E-state index contributed by atoms with van der Waals surface area (Å²) < 4.78 is 6.81. The van der Waals surface area contributed by atoms with Crippen LogP contribution in [0, 0.1) is 0 Å². The average molecular weight is 406 g/mol. The van der Waals surface area contributed by atoms with Crippen LogP contribution in [0.15, 0.2) is 59.8 Å². The lowest BCUT2D eigenvalue weighted by atomic mass is 10.2. The molecule has 0 radical (unpaired) electrons. The number of hydrazone groups is 1. The first-order valence-corrected chi connectivity index (χ1v) is 9.42. The summed E-state index contributed by atoms with van der Waals surface area (Å²) in [4.78, 5) is 35.2. The molecule has 8 heteroatoms. The van der Waals surface area contributed by atoms with Crippen molar-refractivity contribution in [2.75, 3.05) is 11.9 Å². The smallest absolute Gasteiger partial charge is 0.325 e. The third-order valence-corrected chi connectivity index (χ3v) is 4.26. The van der Waals surface area contributed by atoms with Gasteiger partial charge in [-0.2, -0.15) is 5.10 Å². The standard InChI is InChI=1S/C22H22N4O4/c1-3-30-21(28)14-26-13-17(19-6-4-5-7-20(19)26)12-23-25-22(29)16-8-10-18(11-9-16)24-15(2)27/h4-13H,3,14H2,1-2H3,(H,24,27)(H,25,29). The van der Waals surface area contributed by atoms with Gasteiger partial charge in [0.1, 0.15) is 6.54 Å². The lowest BCUT2D eigenvalue weighted by Crippen LogP contribution is -2.17. The summed E-state index contributed by atoms with van der Waals surface area (Å²) in [7, 11) is 0. The molecule has 0 aliphatic rings. The first-order valence-electron chi connectivity index (χ1n) is 9.42. The third-order valence-electron chi connectivity index (χ3n) is 4.26. The molecule has 0 aliphatic heterocycles. The van der Waals surface area contributed by atoms with E-state index in [-0.39, 0.29) is 24.3 Å². The molecule has 2 N–H and O–H groups in total. The second-order valence-corrected chi connectivity index (χ2v) is 6.49. The van der Waals surface area contributed by atoms with Crippen molar-refractivity contribution in [1.82, 2.24) is 9.99 Å². The number of benzene rings is 2. The molecule has 3 aromatic rings. The Morgan fingerprint density at radius 3 is 2.53 bits per heavy atom. The molecule has 8 nitrogen and oxygen atoms in total. The fourth-order valence-electron chi connectivity index (χ4n) is 2.99. The molecule has 0 fully saturated rings. The van der Waals surface area contributed by atoms with Gasteiger partial charge in [-0.15, -0.1) is 0 Å². The van der Waals surface area contributed by atoms with Gasteiger partial charge in [0.2, 0.25) is 5.91 Å². The molecular weight excluding hydrogens is 384 g/mol. The molecule has 0 bridgehead atoms. The molecule has 154 valence electrons. The minimum absolute atomic E-state index is 0.0925. The van der Waals surface area contributed by atoms with Crippen LogP contribution in [0.3, 0.4) is 0 Å². The van der Waals surface area contributed by atoms with Gasteiger partial charge in [0.15, 0.2) is 0 Å². The van der Waals surface area contributed by atoms with Crippen molar-refractivity contribution in [1.29, 1.82) is 0 Å². The van der Waals surface area contributed by atoms with Crippen LogP contribution in [0.5, 0.6) is 0 Å². The van der Waals surface area contributed by atoms with E-state index in [0.717, 1.165) is 16.5 Å². The number of rotatable bonds is 7. The van der Waals surface area contributed by atoms with Gasteiger partial charge in [-0.05, 0) is 37.3 Å². The predicted octanol–water partition coefficient (Wildman–Crippen LogP) is 2.93. The minimum Gasteiger partial charge on any atom is -0.465 e. The molecule has 0 saturated heterocycles. The number of nitrogens with zero attached hydrogens (tertiary/aromatic N) is 2. The van der Waals surface area contributed by atoms with Gasteiger partial charge >= 0.3 is 5.97 Å². The first-order chi connectivity index (χ1) is 14.5. The van der Waals surface area contributed by atoms with Gasteiger partial charge in [-0.25, -0.2) is 5.43 Å². The highest BCUT2D eigenvalue weighted by atomic mass is 16.5. The molecule has 0 aliphatic carbocycles. The summed E-state index contributed by atoms with van der Waals surface area (Å²) >= 11 is 0. The van der Waals surface area contributed by atoms with E-state index >= 15 is 0 Å². The maximum atomic E-state index is 12.3. The summed E-state index contributed by atoms with van der Waals surface area (Å²) in [6, 6.07) is 14.1. The Morgan fingerprint density at radius 2 is 1.83 bits per heavy atom. The zero-order valence-electron chi connectivity index (χ0n) is 16.7. The quantitative estimate of drug-likeness (QED) is 0.358. The van der Waals surface area contributed by atoms with E-state index in [2.05, 4.69) is 15.8 Å². The van der Waals surface area contributed by atoms with E-state index in [0.29, 0.717) is 17.9 Å². The maximum Gasteiger partial charge on any atom is 0.325 e. The van der Waals surface area contributed by atoms with Crippen molar-refractivity contribution in [3.05, 3.63) is 65.9 Å². The first kappa shape index (κ1) is 20.8. The molecule has 2 amide bonds. The van der Waals surface area contributed by atoms with E-state index in [9.17, 15) is 14.4 Å². The monoisotopic (exact) mass is 406 g/mol. The Bertz CT molecular complexity index is 1100. The fraction of sp³-hybridized carbons (Fsp3) is 0.182. The summed E-state index contributed by atoms with van der Waals surface area (Å²) in [6.07, 6.45) is 3.33. The lowest BCUT2D eigenvalue weighted by molar-refractivity contribution is -0.143. The van der Waals surface area contributed by atoms with Gasteiger partial charge in [0, 0.05) is 40.8 Å². The highest BCUT2D eigenvalue weighted by molar-refractivity contribution is 6.01. The van der Waals surface area contributed by atoms with E-state index in [1.165, 1.54) is 13.1 Å². The number of anilines is 1. The average Bonchev–Trinajstić information content (AvgIpc) is 3.06. The molecule has 1 aromatic heterocycles. The van der Waals surface area contributed by atoms with E-state index in [4.69, 9.17) is 4.74 Å². The van der Waals surface area contributed by atoms with Crippen LogP contribution in [0.4, 0.5) is 5.69 Å². The van der Waals surface area contributed by atoms with Crippen molar-refractivity contribution in [2.24, 2.45) is 5.10 Å². The largest absolute Gasteiger partial charge is 0.465 e. The molecule has 2 aromatic carbocycles. The lowest BCUT2D eigenvalue weighted by Gasteiger charge is -2.04. The van der Waals surface area contributed by atoms with E-state index in [1.807, 2.05) is 24.3 Å². The second-order valence-electron chi connectivity index (χ2n) is 6.49.